The van der Waals surface area contributed by atoms with Gasteiger partial charge in [-0.3, -0.25) is 14.4 Å². The Labute approximate surface area is 112 Å². The lowest BCUT2D eigenvalue weighted by Crippen LogP contribution is -2.53. The number of rotatable bonds is 3. The standard InChI is InChI=1S/C12H20N4O3/c1-14-8-9-16(12(19)11(14)18)5-2-10(17)15-6-3-13-4-7-15/h13H,2-9H2,1H3. The number of carbonyl (C=O) groups is 3. The van der Waals surface area contributed by atoms with Gasteiger partial charge >= 0.3 is 11.8 Å². The Morgan fingerprint density at radius 1 is 1.11 bits per heavy atom. The maximum absolute atomic E-state index is 12.0. The highest BCUT2D eigenvalue weighted by molar-refractivity contribution is 6.35. The third-order valence-corrected chi connectivity index (χ3v) is 3.59. The van der Waals surface area contributed by atoms with Crippen LogP contribution >= 0.6 is 0 Å². The summed E-state index contributed by atoms with van der Waals surface area (Å²) in [6.45, 7) is 4.45. The molecule has 1 N–H and O–H groups in total. The predicted octanol–water partition coefficient (Wildman–Crippen LogP) is -1.89. The van der Waals surface area contributed by atoms with Crippen LogP contribution in [0.2, 0.25) is 0 Å². The fourth-order valence-corrected chi connectivity index (χ4v) is 2.29. The topological polar surface area (TPSA) is 73.0 Å². The van der Waals surface area contributed by atoms with Gasteiger partial charge in [-0.15, -0.1) is 0 Å². The van der Waals surface area contributed by atoms with E-state index in [1.54, 1.807) is 11.9 Å². The largest absolute Gasteiger partial charge is 0.340 e. The summed E-state index contributed by atoms with van der Waals surface area (Å²) < 4.78 is 0. The van der Waals surface area contributed by atoms with E-state index in [0.29, 0.717) is 39.1 Å². The first kappa shape index (κ1) is 13.8. The first-order valence-electron chi connectivity index (χ1n) is 6.62. The zero-order chi connectivity index (χ0) is 13.8. The van der Waals surface area contributed by atoms with Gasteiger partial charge in [-0.25, -0.2) is 0 Å². The second-order valence-corrected chi connectivity index (χ2v) is 4.90. The molecule has 2 aliphatic rings. The Kier molecular flexibility index (Phi) is 4.36. The van der Waals surface area contributed by atoms with Gasteiger partial charge < -0.3 is 20.0 Å². The lowest BCUT2D eigenvalue weighted by atomic mass is 10.2. The van der Waals surface area contributed by atoms with E-state index in [2.05, 4.69) is 5.32 Å². The molecule has 0 bridgehead atoms. The molecule has 7 nitrogen and oxygen atoms in total. The molecule has 0 radical (unpaired) electrons. The van der Waals surface area contributed by atoms with Gasteiger partial charge in [0.2, 0.25) is 5.91 Å². The summed E-state index contributed by atoms with van der Waals surface area (Å²) in [5, 5.41) is 3.18. The Balaban J connectivity index is 1.80. The van der Waals surface area contributed by atoms with Gasteiger partial charge in [-0.05, 0) is 0 Å². The van der Waals surface area contributed by atoms with E-state index >= 15 is 0 Å². The van der Waals surface area contributed by atoms with Crippen LogP contribution in [-0.4, -0.2) is 85.3 Å². The zero-order valence-electron chi connectivity index (χ0n) is 11.2. The molecular formula is C12H20N4O3. The van der Waals surface area contributed by atoms with Crippen LogP contribution < -0.4 is 5.32 Å². The van der Waals surface area contributed by atoms with E-state index in [9.17, 15) is 14.4 Å². The van der Waals surface area contributed by atoms with Gasteiger partial charge in [-0.1, -0.05) is 0 Å². The fraction of sp³-hybridized carbons (Fsp3) is 0.750. The molecule has 2 aliphatic heterocycles. The van der Waals surface area contributed by atoms with Gasteiger partial charge in [0.25, 0.3) is 0 Å². The second kappa shape index (κ2) is 6.01. The van der Waals surface area contributed by atoms with Gasteiger partial charge in [-0.2, -0.15) is 0 Å². The number of likely N-dealkylation sites (N-methyl/N-ethyl adjacent to an activating group) is 1. The quantitative estimate of drug-likeness (QED) is 0.607. The zero-order valence-corrected chi connectivity index (χ0v) is 11.2. The van der Waals surface area contributed by atoms with Crippen molar-refractivity contribution in [2.24, 2.45) is 0 Å². The lowest BCUT2D eigenvalue weighted by molar-refractivity contribution is -0.155. The maximum atomic E-state index is 12.0. The number of hydrogen-bond donors (Lipinski definition) is 1. The highest BCUT2D eigenvalue weighted by Gasteiger charge is 2.30. The van der Waals surface area contributed by atoms with E-state index < -0.39 is 11.8 Å². The molecule has 0 aromatic carbocycles. The molecule has 0 aromatic rings. The monoisotopic (exact) mass is 268 g/mol. The first-order valence-corrected chi connectivity index (χ1v) is 6.62. The second-order valence-electron chi connectivity index (χ2n) is 4.90. The molecule has 3 amide bonds. The molecule has 2 heterocycles. The average molecular weight is 268 g/mol. The van der Waals surface area contributed by atoms with Crippen molar-refractivity contribution in [3.8, 4) is 0 Å². The molecule has 0 aliphatic carbocycles. The Hall–Kier alpha value is -1.63. The van der Waals surface area contributed by atoms with Crippen molar-refractivity contribution < 1.29 is 14.4 Å². The normalized spacial score (nSPS) is 21.0. The van der Waals surface area contributed by atoms with Crippen molar-refractivity contribution in [3.63, 3.8) is 0 Å². The van der Waals surface area contributed by atoms with Crippen LogP contribution in [-0.2, 0) is 14.4 Å². The molecule has 106 valence electrons. The predicted molar refractivity (Wildman–Crippen MR) is 68.3 cm³/mol. The summed E-state index contributed by atoms with van der Waals surface area (Å²) in [6, 6.07) is 0. The smallest absolute Gasteiger partial charge is 0.312 e. The molecule has 0 aromatic heterocycles. The average Bonchev–Trinajstić information content (AvgIpc) is 2.45. The number of piperazine rings is 2. The summed E-state index contributed by atoms with van der Waals surface area (Å²) in [4.78, 5) is 39.9. The van der Waals surface area contributed by atoms with Gasteiger partial charge in [0, 0.05) is 59.3 Å². The van der Waals surface area contributed by atoms with Crippen molar-refractivity contribution in [2.75, 3.05) is 52.9 Å². The van der Waals surface area contributed by atoms with E-state index in [1.165, 1.54) is 9.80 Å². The molecule has 0 saturated carbocycles. The summed E-state index contributed by atoms with van der Waals surface area (Å²) in [5.41, 5.74) is 0. The van der Waals surface area contributed by atoms with Crippen LogP contribution in [0.4, 0.5) is 0 Å². The van der Waals surface area contributed by atoms with Crippen molar-refractivity contribution in [1.82, 2.24) is 20.0 Å². The summed E-state index contributed by atoms with van der Waals surface area (Å²) in [7, 11) is 1.61. The highest BCUT2D eigenvalue weighted by atomic mass is 16.2. The Morgan fingerprint density at radius 2 is 1.79 bits per heavy atom. The number of carbonyl (C=O) groups excluding carboxylic acids is 3. The molecular weight excluding hydrogens is 248 g/mol. The summed E-state index contributed by atoms with van der Waals surface area (Å²) in [5.74, 6) is -0.927. The molecule has 2 fully saturated rings. The van der Waals surface area contributed by atoms with Crippen LogP contribution in [0.25, 0.3) is 0 Å². The highest BCUT2D eigenvalue weighted by Crippen LogP contribution is 2.05. The van der Waals surface area contributed by atoms with Crippen LogP contribution in [0.15, 0.2) is 0 Å². The van der Waals surface area contributed by atoms with Crippen LogP contribution in [0.1, 0.15) is 6.42 Å². The van der Waals surface area contributed by atoms with E-state index in [1.807, 2.05) is 0 Å². The summed E-state index contributed by atoms with van der Waals surface area (Å²) in [6.07, 6.45) is 0.294. The number of nitrogens with zero attached hydrogens (tertiary/aromatic N) is 3. The van der Waals surface area contributed by atoms with Gasteiger partial charge in [0.05, 0.1) is 0 Å². The minimum Gasteiger partial charge on any atom is -0.340 e. The minimum atomic E-state index is -0.498. The van der Waals surface area contributed by atoms with Crippen LogP contribution in [0.3, 0.4) is 0 Å². The van der Waals surface area contributed by atoms with E-state index in [0.717, 1.165) is 13.1 Å². The third-order valence-electron chi connectivity index (χ3n) is 3.59. The molecule has 7 heteroatoms. The van der Waals surface area contributed by atoms with E-state index in [4.69, 9.17) is 0 Å². The first-order chi connectivity index (χ1) is 9.09. The molecule has 0 atom stereocenters. The van der Waals surface area contributed by atoms with Crippen LogP contribution in [0.5, 0.6) is 0 Å². The van der Waals surface area contributed by atoms with Crippen molar-refractivity contribution in [2.45, 2.75) is 6.42 Å². The van der Waals surface area contributed by atoms with Crippen molar-refractivity contribution >= 4 is 17.7 Å². The van der Waals surface area contributed by atoms with Gasteiger partial charge in [0.15, 0.2) is 0 Å². The van der Waals surface area contributed by atoms with Crippen molar-refractivity contribution in [1.29, 1.82) is 0 Å². The van der Waals surface area contributed by atoms with Crippen molar-refractivity contribution in [3.05, 3.63) is 0 Å². The van der Waals surface area contributed by atoms with Crippen LogP contribution in [0, 0.1) is 0 Å². The molecule has 2 rings (SSSR count). The molecule has 0 unspecified atom stereocenters. The fourth-order valence-electron chi connectivity index (χ4n) is 2.29. The van der Waals surface area contributed by atoms with Gasteiger partial charge in [0.1, 0.15) is 0 Å². The Bertz CT molecular complexity index is 379. The SMILES string of the molecule is CN1CCN(CCC(=O)N2CCNCC2)C(=O)C1=O. The summed E-state index contributed by atoms with van der Waals surface area (Å²) >= 11 is 0. The third kappa shape index (κ3) is 3.23. The Morgan fingerprint density at radius 3 is 2.47 bits per heavy atom. The molecule has 2 saturated heterocycles. The molecule has 0 spiro atoms. The lowest BCUT2D eigenvalue weighted by Gasteiger charge is -2.32. The maximum Gasteiger partial charge on any atom is 0.312 e. The number of amides is 3. The van der Waals surface area contributed by atoms with E-state index in [-0.39, 0.29) is 5.91 Å². The number of hydrogen-bond acceptors (Lipinski definition) is 4. The molecule has 19 heavy (non-hydrogen) atoms. The number of nitrogens with one attached hydrogen (secondary N) is 1. The minimum absolute atomic E-state index is 0.0562.